The highest BCUT2D eigenvalue weighted by molar-refractivity contribution is 6.34. The van der Waals surface area contributed by atoms with Crippen molar-refractivity contribution in [3.8, 4) is 0 Å². The van der Waals surface area contributed by atoms with E-state index in [0.29, 0.717) is 21.2 Å². The minimum absolute atomic E-state index is 0.159. The lowest BCUT2D eigenvalue weighted by Crippen LogP contribution is -2.29. The van der Waals surface area contributed by atoms with E-state index in [4.69, 9.17) is 23.2 Å². The molecule has 0 spiro atoms. The minimum Gasteiger partial charge on any atom is -0.270 e. The van der Waals surface area contributed by atoms with Crippen molar-refractivity contribution in [2.24, 2.45) is 0 Å². The molecule has 0 aromatic heterocycles. The van der Waals surface area contributed by atoms with Crippen molar-refractivity contribution in [2.45, 2.75) is 6.54 Å². The maximum atomic E-state index is 12.2. The standard InChI is InChI=1S/C15H9Cl2NO2/c16-10-5-9(6-11(17)7-10)8-18-14(19)12-3-1-2-4-13(12)15(18)20/h1-7H,8H2. The van der Waals surface area contributed by atoms with E-state index in [0.717, 1.165) is 5.56 Å². The molecule has 2 amide bonds. The molecule has 100 valence electrons. The summed E-state index contributed by atoms with van der Waals surface area (Å²) in [5, 5.41) is 0.952. The number of benzene rings is 2. The molecule has 2 aromatic rings. The molecule has 3 nitrogen and oxygen atoms in total. The van der Waals surface area contributed by atoms with Crippen LogP contribution in [0.25, 0.3) is 0 Å². The zero-order chi connectivity index (χ0) is 14.3. The van der Waals surface area contributed by atoms with Crippen molar-refractivity contribution in [1.29, 1.82) is 0 Å². The van der Waals surface area contributed by atoms with Crippen LogP contribution in [0.4, 0.5) is 0 Å². The molecule has 0 radical (unpaired) electrons. The number of halogens is 2. The smallest absolute Gasteiger partial charge is 0.261 e. The van der Waals surface area contributed by atoms with Crippen LogP contribution in [-0.2, 0) is 6.54 Å². The van der Waals surface area contributed by atoms with Gasteiger partial charge in [0.2, 0.25) is 0 Å². The number of hydrogen-bond acceptors (Lipinski definition) is 2. The molecular formula is C15H9Cl2NO2. The Kier molecular flexibility index (Phi) is 3.24. The fraction of sp³-hybridized carbons (Fsp3) is 0.0667. The van der Waals surface area contributed by atoms with Crippen molar-refractivity contribution >= 4 is 35.0 Å². The van der Waals surface area contributed by atoms with E-state index >= 15 is 0 Å². The monoisotopic (exact) mass is 305 g/mol. The molecule has 20 heavy (non-hydrogen) atoms. The molecule has 0 fully saturated rings. The number of carbonyl (C=O) groups is 2. The Hall–Kier alpha value is -1.84. The molecule has 0 saturated heterocycles. The number of fused-ring (bicyclic) bond motifs is 1. The number of nitrogens with zero attached hydrogens (tertiary/aromatic N) is 1. The Morgan fingerprint density at radius 1 is 0.850 bits per heavy atom. The molecule has 0 N–H and O–H groups in total. The highest BCUT2D eigenvalue weighted by atomic mass is 35.5. The van der Waals surface area contributed by atoms with E-state index in [1.807, 2.05) is 0 Å². The SMILES string of the molecule is O=C1c2ccccc2C(=O)N1Cc1cc(Cl)cc(Cl)c1. The van der Waals surface area contributed by atoms with Crippen LogP contribution in [-0.4, -0.2) is 16.7 Å². The minimum atomic E-state index is -0.290. The first-order valence-corrected chi connectivity index (χ1v) is 6.72. The van der Waals surface area contributed by atoms with Crippen LogP contribution >= 0.6 is 23.2 Å². The van der Waals surface area contributed by atoms with Gasteiger partial charge in [-0.3, -0.25) is 14.5 Å². The van der Waals surface area contributed by atoms with Crippen molar-refractivity contribution in [3.05, 3.63) is 69.2 Å². The second-order valence-electron chi connectivity index (χ2n) is 4.52. The van der Waals surface area contributed by atoms with Crippen LogP contribution in [0.2, 0.25) is 10.0 Å². The number of carbonyl (C=O) groups excluding carboxylic acids is 2. The number of rotatable bonds is 2. The quantitative estimate of drug-likeness (QED) is 0.792. The number of hydrogen-bond donors (Lipinski definition) is 0. The molecule has 3 rings (SSSR count). The van der Waals surface area contributed by atoms with Crippen LogP contribution in [0.15, 0.2) is 42.5 Å². The second kappa shape index (κ2) is 4.93. The van der Waals surface area contributed by atoms with Gasteiger partial charge in [-0.05, 0) is 35.9 Å². The van der Waals surface area contributed by atoms with E-state index in [9.17, 15) is 9.59 Å². The molecule has 5 heteroatoms. The van der Waals surface area contributed by atoms with E-state index in [2.05, 4.69) is 0 Å². The topological polar surface area (TPSA) is 37.4 Å². The molecule has 0 aliphatic carbocycles. The fourth-order valence-electron chi connectivity index (χ4n) is 2.27. The normalized spacial score (nSPS) is 13.8. The Balaban J connectivity index is 1.93. The molecule has 0 atom stereocenters. The third kappa shape index (κ3) is 2.19. The summed E-state index contributed by atoms with van der Waals surface area (Å²) in [7, 11) is 0. The summed E-state index contributed by atoms with van der Waals surface area (Å²) in [4.78, 5) is 25.6. The Morgan fingerprint density at radius 3 is 1.85 bits per heavy atom. The highest BCUT2D eigenvalue weighted by Crippen LogP contribution is 2.26. The van der Waals surface area contributed by atoms with E-state index in [-0.39, 0.29) is 18.4 Å². The van der Waals surface area contributed by atoms with E-state index < -0.39 is 0 Å². The van der Waals surface area contributed by atoms with Crippen molar-refractivity contribution in [1.82, 2.24) is 4.90 Å². The summed E-state index contributed by atoms with van der Waals surface area (Å²) in [6.45, 7) is 0.159. The molecule has 0 unspecified atom stereocenters. The van der Waals surface area contributed by atoms with Crippen LogP contribution in [0.3, 0.4) is 0 Å². The summed E-state index contributed by atoms with van der Waals surface area (Å²) in [6.07, 6.45) is 0. The summed E-state index contributed by atoms with van der Waals surface area (Å²) in [5.74, 6) is -0.580. The van der Waals surface area contributed by atoms with Gasteiger partial charge in [-0.15, -0.1) is 0 Å². The molecule has 2 aromatic carbocycles. The molecule has 1 aliphatic heterocycles. The lowest BCUT2D eigenvalue weighted by Gasteiger charge is -2.14. The Labute approximate surface area is 125 Å². The van der Waals surface area contributed by atoms with Crippen LogP contribution in [0.1, 0.15) is 26.3 Å². The first kappa shape index (κ1) is 13.2. The van der Waals surface area contributed by atoms with Gasteiger partial charge in [0.25, 0.3) is 11.8 Å². The molecule has 1 aliphatic rings. The number of amides is 2. The van der Waals surface area contributed by atoms with Crippen molar-refractivity contribution in [3.63, 3.8) is 0 Å². The lowest BCUT2D eigenvalue weighted by atomic mass is 10.1. The average molecular weight is 306 g/mol. The molecular weight excluding hydrogens is 297 g/mol. The summed E-state index contributed by atoms with van der Waals surface area (Å²) < 4.78 is 0. The summed E-state index contributed by atoms with van der Waals surface area (Å²) >= 11 is 11.8. The fourth-order valence-corrected chi connectivity index (χ4v) is 2.84. The second-order valence-corrected chi connectivity index (χ2v) is 5.39. The summed E-state index contributed by atoms with van der Waals surface area (Å²) in [6, 6.07) is 11.8. The third-order valence-corrected chi connectivity index (χ3v) is 3.58. The van der Waals surface area contributed by atoms with Gasteiger partial charge in [0, 0.05) is 10.0 Å². The Morgan fingerprint density at radius 2 is 1.35 bits per heavy atom. The third-order valence-electron chi connectivity index (χ3n) is 3.14. The van der Waals surface area contributed by atoms with Gasteiger partial charge in [0.05, 0.1) is 17.7 Å². The summed E-state index contributed by atoms with van der Waals surface area (Å²) in [5.41, 5.74) is 1.59. The highest BCUT2D eigenvalue weighted by Gasteiger charge is 2.34. The lowest BCUT2D eigenvalue weighted by molar-refractivity contribution is 0.0642. The van der Waals surface area contributed by atoms with Gasteiger partial charge in [0.15, 0.2) is 0 Å². The van der Waals surface area contributed by atoms with Gasteiger partial charge >= 0.3 is 0 Å². The van der Waals surface area contributed by atoms with Crippen LogP contribution in [0, 0.1) is 0 Å². The molecule has 1 heterocycles. The van der Waals surface area contributed by atoms with E-state index in [1.165, 1.54) is 4.90 Å². The van der Waals surface area contributed by atoms with Gasteiger partial charge < -0.3 is 0 Å². The van der Waals surface area contributed by atoms with Gasteiger partial charge in [-0.1, -0.05) is 35.3 Å². The van der Waals surface area contributed by atoms with Crippen molar-refractivity contribution in [2.75, 3.05) is 0 Å². The Bertz CT molecular complexity index is 672. The first-order valence-electron chi connectivity index (χ1n) is 5.96. The largest absolute Gasteiger partial charge is 0.270 e. The maximum absolute atomic E-state index is 12.2. The average Bonchev–Trinajstić information content (AvgIpc) is 2.64. The first-order chi connectivity index (χ1) is 9.56. The maximum Gasteiger partial charge on any atom is 0.261 e. The van der Waals surface area contributed by atoms with Crippen LogP contribution < -0.4 is 0 Å². The predicted octanol–water partition coefficient (Wildman–Crippen LogP) is 3.79. The zero-order valence-corrected chi connectivity index (χ0v) is 11.8. The van der Waals surface area contributed by atoms with Gasteiger partial charge in [0.1, 0.15) is 0 Å². The van der Waals surface area contributed by atoms with E-state index in [1.54, 1.807) is 42.5 Å². The van der Waals surface area contributed by atoms with Gasteiger partial charge in [-0.25, -0.2) is 0 Å². The molecule has 0 bridgehead atoms. The van der Waals surface area contributed by atoms with Gasteiger partial charge in [-0.2, -0.15) is 0 Å². The van der Waals surface area contributed by atoms with Crippen molar-refractivity contribution < 1.29 is 9.59 Å². The van der Waals surface area contributed by atoms with Crippen LogP contribution in [0.5, 0.6) is 0 Å². The molecule has 0 saturated carbocycles. The number of imide groups is 1. The zero-order valence-electron chi connectivity index (χ0n) is 10.3. The predicted molar refractivity (Wildman–Crippen MR) is 77.1 cm³/mol.